The van der Waals surface area contributed by atoms with Crippen LogP contribution in [0.15, 0.2) is 24.3 Å². The zero-order valence-corrected chi connectivity index (χ0v) is 12.9. The van der Waals surface area contributed by atoms with Crippen LogP contribution in [-0.2, 0) is 19.1 Å². The normalized spacial score (nSPS) is 10.2. The Morgan fingerprint density at radius 1 is 0.900 bits per heavy atom. The van der Waals surface area contributed by atoms with Crippen molar-refractivity contribution in [2.24, 2.45) is 0 Å². The van der Waals surface area contributed by atoms with Crippen LogP contribution in [-0.4, -0.2) is 18.2 Å². The van der Waals surface area contributed by atoms with E-state index in [1.54, 1.807) is 13.8 Å². The minimum Gasteiger partial charge on any atom is -0.422 e. The molecule has 0 saturated carbocycles. The standard InChI is InChI=1S/C16H26O4/c1-6-7-8-9-10-11-14(19-15(17)12(2)3)20-16(18)13(4)5/h14H,2,4,6-11H2,1,3,5H3. The van der Waals surface area contributed by atoms with Crippen molar-refractivity contribution in [2.75, 3.05) is 0 Å². The third kappa shape index (κ3) is 8.51. The third-order valence-electron chi connectivity index (χ3n) is 2.72. The fourth-order valence-corrected chi connectivity index (χ4v) is 1.50. The van der Waals surface area contributed by atoms with Gasteiger partial charge in [0.1, 0.15) is 0 Å². The third-order valence-corrected chi connectivity index (χ3v) is 2.72. The molecule has 0 heterocycles. The number of hydrogen-bond acceptors (Lipinski definition) is 4. The summed E-state index contributed by atoms with van der Waals surface area (Å²) in [6.45, 7) is 12.3. The molecule has 0 spiro atoms. The number of carbonyl (C=O) groups is 2. The molecule has 20 heavy (non-hydrogen) atoms. The van der Waals surface area contributed by atoms with E-state index in [9.17, 15) is 9.59 Å². The Morgan fingerprint density at radius 3 is 1.75 bits per heavy atom. The molecule has 0 aliphatic carbocycles. The minimum atomic E-state index is -0.856. The van der Waals surface area contributed by atoms with Gasteiger partial charge in [0.25, 0.3) is 0 Å². The van der Waals surface area contributed by atoms with E-state index in [2.05, 4.69) is 20.1 Å². The summed E-state index contributed by atoms with van der Waals surface area (Å²) < 4.78 is 10.2. The number of rotatable bonds is 10. The second kappa shape index (κ2) is 10.2. The van der Waals surface area contributed by atoms with Gasteiger partial charge in [-0.05, 0) is 20.3 Å². The molecule has 4 nitrogen and oxygen atoms in total. The maximum Gasteiger partial charge on any atom is 0.336 e. The highest BCUT2D eigenvalue weighted by Gasteiger charge is 2.19. The SMILES string of the molecule is C=C(C)C(=O)OC(CCCCCCC)OC(=O)C(=C)C. The number of ether oxygens (including phenoxy) is 2. The van der Waals surface area contributed by atoms with E-state index in [4.69, 9.17) is 9.47 Å². The molecular weight excluding hydrogens is 256 g/mol. The van der Waals surface area contributed by atoms with E-state index in [0.29, 0.717) is 6.42 Å². The van der Waals surface area contributed by atoms with E-state index < -0.39 is 18.2 Å². The number of hydrogen-bond donors (Lipinski definition) is 0. The number of unbranched alkanes of at least 4 members (excludes halogenated alkanes) is 4. The van der Waals surface area contributed by atoms with Gasteiger partial charge in [-0.3, -0.25) is 0 Å². The lowest BCUT2D eigenvalue weighted by Gasteiger charge is -2.18. The Balaban J connectivity index is 4.31. The molecule has 114 valence electrons. The van der Waals surface area contributed by atoms with Crippen LogP contribution in [0.25, 0.3) is 0 Å². The number of esters is 2. The van der Waals surface area contributed by atoms with Crippen LogP contribution in [0.4, 0.5) is 0 Å². The summed E-state index contributed by atoms with van der Waals surface area (Å²) >= 11 is 0. The molecule has 0 N–H and O–H groups in total. The van der Waals surface area contributed by atoms with Crippen LogP contribution in [0, 0.1) is 0 Å². The number of carbonyl (C=O) groups excluding carboxylic acids is 2. The van der Waals surface area contributed by atoms with Crippen molar-refractivity contribution in [3.05, 3.63) is 24.3 Å². The van der Waals surface area contributed by atoms with Crippen molar-refractivity contribution in [1.29, 1.82) is 0 Å². The van der Waals surface area contributed by atoms with Crippen molar-refractivity contribution >= 4 is 11.9 Å². The average molecular weight is 282 g/mol. The van der Waals surface area contributed by atoms with Gasteiger partial charge in [0, 0.05) is 17.6 Å². The lowest BCUT2D eigenvalue weighted by atomic mass is 10.1. The zero-order valence-electron chi connectivity index (χ0n) is 12.9. The summed E-state index contributed by atoms with van der Waals surface area (Å²) in [7, 11) is 0. The molecular formula is C16H26O4. The summed E-state index contributed by atoms with van der Waals surface area (Å²) in [5.74, 6) is -1.09. The van der Waals surface area contributed by atoms with Gasteiger partial charge in [-0.25, -0.2) is 9.59 Å². The van der Waals surface area contributed by atoms with Gasteiger partial charge in [-0.1, -0.05) is 45.8 Å². The summed E-state index contributed by atoms with van der Waals surface area (Å²) in [6.07, 6.45) is 5.00. The molecule has 0 atom stereocenters. The first-order valence-electron chi connectivity index (χ1n) is 7.11. The molecule has 0 amide bonds. The molecule has 0 aromatic carbocycles. The van der Waals surface area contributed by atoms with E-state index in [1.165, 1.54) is 12.8 Å². The van der Waals surface area contributed by atoms with Gasteiger partial charge in [-0.15, -0.1) is 0 Å². The van der Waals surface area contributed by atoms with Crippen LogP contribution < -0.4 is 0 Å². The predicted molar refractivity (Wildman–Crippen MR) is 79.0 cm³/mol. The molecule has 0 unspecified atom stereocenters. The molecule has 0 bridgehead atoms. The van der Waals surface area contributed by atoms with E-state index >= 15 is 0 Å². The summed E-state index contributed by atoms with van der Waals surface area (Å²) in [6, 6.07) is 0. The van der Waals surface area contributed by atoms with Crippen LogP contribution in [0.3, 0.4) is 0 Å². The second-order valence-corrected chi connectivity index (χ2v) is 5.00. The van der Waals surface area contributed by atoms with Crippen LogP contribution >= 0.6 is 0 Å². The van der Waals surface area contributed by atoms with Crippen LogP contribution in [0.5, 0.6) is 0 Å². The Hall–Kier alpha value is -1.58. The van der Waals surface area contributed by atoms with Gasteiger partial charge >= 0.3 is 11.9 Å². The molecule has 4 heteroatoms. The minimum absolute atomic E-state index is 0.285. The first-order valence-corrected chi connectivity index (χ1v) is 7.11. The molecule has 0 rings (SSSR count). The molecule has 0 saturated heterocycles. The molecule has 0 aromatic rings. The maximum absolute atomic E-state index is 11.5. The van der Waals surface area contributed by atoms with E-state index in [1.807, 2.05) is 0 Å². The van der Waals surface area contributed by atoms with E-state index in [-0.39, 0.29) is 11.1 Å². The molecule has 0 aliphatic rings. The highest BCUT2D eigenvalue weighted by Crippen LogP contribution is 2.13. The Kier molecular flexibility index (Phi) is 9.43. The smallest absolute Gasteiger partial charge is 0.336 e. The van der Waals surface area contributed by atoms with Gasteiger partial charge in [-0.2, -0.15) is 0 Å². The highest BCUT2D eigenvalue weighted by atomic mass is 16.7. The van der Waals surface area contributed by atoms with Gasteiger partial charge in [0.2, 0.25) is 6.29 Å². The molecule has 0 aromatic heterocycles. The van der Waals surface area contributed by atoms with Crippen molar-refractivity contribution < 1.29 is 19.1 Å². The zero-order chi connectivity index (χ0) is 15.5. The Labute approximate surface area is 121 Å². The van der Waals surface area contributed by atoms with E-state index in [0.717, 1.165) is 19.3 Å². The largest absolute Gasteiger partial charge is 0.422 e. The van der Waals surface area contributed by atoms with Crippen molar-refractivity contribution in [1.82, 2.24) is 0 Å². The Morgan fingerprint density at radius 2 is 1.35 bits per heavy atom. The fraction of sp³-hybridized carbons (Fsp3) is 0.625. The maximum atomic E-state index is 11.5. The molecule has 0 fully saturated rings. The highest BCUT2D eigenvalue weighted by molar-refractivity contribution is 5.88. The first kappa shape index (κ1) is 18.4. The topological polar surface area (TPSA) is 52.6 Å². The Bertz CT molecular complexity index is 329. The lowest BCUT2D eigenvalue weighted by Crippen LogP contribution is -2.25. The van der Waals surface area contributed by atoms with Gasteiger partial charge in [0.05, 0.1) is 0 Å². The summed E-state index contributed by atoms with van der Waals surface area (Å²) in [4.78, 5) is 23.0. The first-order chi connectivity index (χ1) is 9.38. The second-order valence-electron chi connectivity index (χ2n) is 5.00. The van der Waals surface area contributed by atoms with Crippen molar-refractivity contribution in [3.8, 4) is 0 Å². The lowest BCUT2D eigenvalue weighted by molar-refractivity contribution is -0.183. The van der Waals surface area contributed by atoms with Gasteiger partial charge < -0.3 is 9.47 Å². The molecule has 0 radical (unpaired) electrons. The average Bonchev–Trinajstić information content (AvgIpc) is 2.37. The van der Waals surface area contributed by atoms with Crippen molar-refractivity contribution in [3.63, 3.8) is 0 Å². The van der Waals surface area contributed by atoms with Gasteiger partial charge in [0.15, 0.2) is 0 Å². The summed E-state index contributed by atoms with van der Waals surface area (Å²) in [5.41, 5.74) is 0.569. The van der Waals surface area contributed by atoms with Crippen molar-refractivity contribution in [2.45, 2.75) is 65.6 Å². The molecule has 0 aliphatic heterocycles. The predicted octanol–water partition coefficient (Wildman–Crippen LogP) is 3.91. The summed E-state index contributed by atoms with van der Waals surface area (Å²) in [5, 5.41) is 0. The van der Waals surface area contributed by atoms with Crippen LogP contribution in [0.2, 0.25) is 0 Å². The quantitative estimate of drug-likeness (QED) is 0.264. The fourth-order valence-electron chi connectivity index (χ4n) is 1.50. The monoisotopic (exact) mass is 282 g/mol. The van der Waals surface area contributed by atoms with Crippen LogP contribution in [0.1, 0.15) is 59.3 Å².